The van der Waals surface area contributed by atoms with Gasteiger partial charge in [-0.15, -0.1) is 0 Å². The molecule has 0 aliphatic carbocycles. The van der Waals surface area contributed by atoms with E-state index in [-0.39, 0.29) is 0 Å². The van der Waals surface area contributed by atoms with E-state index in [1.54, 1.807) is 0 Å². The molecule has 0 aliphatic heterocycles. The van der Waals surface area contributed by atoms with E-state index in [9.17, 15) is 0 Å². The van der Waals surface area contributed by atoms with Crippen LogP contribution in [0.5, 0.6) is 0 Å². The highest BCUT2D eigenvalue weighted by molar-refractivity contribution is 14.1. The molecular formula is C5H6IN. The van der Waals surface area contributed by atoms with Crippen molar-refractivity contribution in [2.75, 3.05) is 0 Å². The highest BCUT2D eigenvalue weighted by Gasteiger charge is 1.82. The normalized spacial score (nSPS) is 9.43. The Morgan fingerprint density at radius 1 is 1.71 bits per heavy atom. The molecule has 1 heterocycles. The number of aryl methyl sites for hydroxylation is 1. The average Bonchev–Trinajstić information content (AvgIpc) is 1.87. The Bertz CT molecular complexity index is 140. The van der Waals surface area contributed by atoms with Crippen LogP contribution in [0.3, 0.4) is 0 Å². The molecule has 38 valence electrons. The first kappa shape index (κ1) is 5.15. The molecule has 0 spiro atoms. The summed E-state index contributed by atoms with van der Waals surface area (Å²) in [5.41, 5.74) is 0. The van der Waals surface area contributed by atoms with Gasteiger partial charge in [-0.3, -0.25) is 0 Å². The minimum absolute atomic E-state index is 1.29. The topological polar surface area (TPSA) is 4.93 Å². The second kappa shape index (κ2) is 1.86. The first-order valence-corrected chi connectivity index (χ1v) is 3.14. The molecule has 1 nitrogen and oxygen atoms in total. The summed E-state index contributed by atoms with van der Waals surface area (Å²) in [6.07, 6.45) is 4.10. The van der Waals surface area contributed by atoms with Crippen LogP contribution in [0.4, 0.5) is 0 Å². The Labute approximate surface area is 56.5 Å². The van der Waals surface area contributed by atoms with E-state index in [2.05, 4.69) is 34.9 Å². The van der Waals surface area contributed by atoms with Crippen molar-refractivity contribution in [2.24, 2.45) is 7.05 Å². The first-order chi connectivity index (χ1) is 3.29. The third-order valence-electron chi connectivity index (χ3n) is 0.796. The van der Waals surface area contributed by atoms with Gasteiger partial charge in [0.05, 0.1) is 0 Å². The number of rotatable bonds is 0. The molecule has 0 saturated carbocycles. The lowest BCUT2D eigenvalue weighted by Crippen LogP contribution is -1.76. The number of halogens is 1. The molecule has 0 aliphatic rings. The van der Waals surface area contributed by atoms with E-state index >= 15 is 0 Å². The Kier molecular flexibility index (Phi) is 1.37. The summed E-state index contributed by atoms with van der Waals surface area (Å²) in [4.78, 5) is 0. The molecule has 0 unspecified atom stereocenters. The van der Waals surface area contributed by atoms with E-state index in [0.717, 1.165) is 0 Å². The maximum Gasteiger partial charge on any atom is 0.0306 e. The minimum Gasteiger partial charge on any atom is -0.356 e. The monoisotopic (exact) mass is 207 g/mol. The van der Waals surface area contributed by atoms with Crippen molar-refractivity contribution in [3.8, 4) is 0 Å². The molecule has 0 atom stereocenters. The zero-order valence-electron chi connectivity index (χ0n) is 4.06. The van der Waals surface area contributed by atoms with Gasteiger partial charge < -0.3 is 4.57 Å². The second-order valence-corrected chi connectivity index (χ2v) is 2.74. The lowest BCUT2D eigenvalue weighted by molar-refractivity contribution is 0.926. The van der Waals surface area contributed by atoms with Gasteiger partial charge in [0.2, 0.25) is 0 Å². The quantitative estimate of drug-likeness (QED) is 0.569. The summed E-state index contributed by atoms with van der Waals surface area (Å²) >= 11 is 2.28. The summed E-state index contributed by atoms with van der Waals surface area (Å²) in [5.74, 6) is 0. The zero-order valence-corrected chi connectivity index (χ0v) is 6.21. The van der Waals surface area contributed by atoms with Crippen molar-refractivity contribution >= 4 is 22.6 Å². The van der Waals surface area contributed by atoms with Crippen molar-refractivity contribution in [2.45, 2.75) is 0 Å². The van der Waals surface area contributed by atoms with Gasteiger partial charge in [-0.2, -0.15) is 0 Å². The van der Waals surface area contributed by atoms with Crippen LogP contribution in [-0.4, -0.2) is 4.57 Å². The van der Waals surface area contributed by atoms with E-state index in [1.165, 1.54) is 3.57 Å². The Morgan fingerprint density at radius 2 is 2.43 bits per heavy atom. The first-order valence-electron chi connectivity index (χ1n) is 2.06. The van der Waals surface area contributed by atoms with Crippen molar-refractivity contribution < 1.29 is 0 Å². The minimum atomic E-state index is 1.29. The Morgan fingerprint density at radius 3 is 2.57 bits per heavy atom. The average molecular weight is 207 g/mol. The fraction of sp³-hybridized carbons (Fsp3) is 0.200. The number of aromatic nitrogens is 1. The van der Waals surface area contributed by atoms with Crippen LogP contribution in [0.1, 0.15) is 0 Å². The third kappa shape index (κ3) is 1.19. The van der Waals surface area contributed by atoms with Crippen LogP contribution in [0, 0.1) is 3.57 Å². The van der Waals surface area contributed by atoms with Crippen LogP contribution in [0.2, 0.25) is 0 Å². The van der Waals surface area contributed by atoms with Crippen molar-refractivity contribution in [3.05, 3.63) is 22.0 Å². The number of hydrogen-bond donors (Lipinski definition) is 0. The molecule has 0 amide bonds. The second-order valence-electron chi connectivity index (χ2n) is 1.50. The molecule has 0 fully saturated rings. The van der Waals surface area contributed by atoms with Crippen LogP contribution in [0.15, 0.2) is 18.5 Å². The van der Waals surface area contributed by atoms with Gasteiger partial charge in [-0.1, -0.05) is 0 Å². The summed E-state index contributed by atoms with van der Waals surface area (Å²) < 4.78 is 3.32. The standard InChI is InChI=1S/C5H6IN/c1-7-3-2-5(6)4-7/h2-4H,1H3. The maximum absolute atomic E-state index is 2.28. The molecule has 0 bridgehead atoms. The van der Waals surface area contributed by atoms with Gasteiger partial charge in [0, 0.05) is 23.0 Å². The van der Waals surface area contributed by atoms with Gasteiger partial charge in [0.15, 0.2) is 0 Å². The smallest absolute Gasteiger partial charge is 0.0306 e. The summed E-state index contributed by atoms with van der Waals surface area (Å²) in [6.45, 7) is 0. The number of nitrogens with zero attached hydrogens (tertiary/aromatic N) is 1. The van der Waals surface area contributed by atoms with Crippen LogP contribution in [0.25, 0.3) is 0 Å². The summed E-state index contributed by atoms with van der Waals surface area (Å²) in [6, 6.07) is 2.07. The maximum atomic E-state index is 2.28. The van der Waals surface area contributed by atoms with Crippen molar-refractivity contribution in [3.63, 3.8) is 0 Å². The molecule has 0 aromatic carbocycles. The van der Waals surface area contributed by atoms with Crippen molar-refractivity contribution in [1.82, 2.24) is 4.57 Å². The van der Waals surface area contributed by atoms with Gasteiger partial charge in [-0.05, 0) is 28.7 Å². The van der Waals surface area contributed by atoms with Gasteiger partial charge in [-0.25, -0.2) is 0 Å². The fourth-order valence-corrected chi connectivity index (χ4v) is 1.07. The van der Waals surface area contributed by atoms with Gasteiger partial charge >= 0.3 is 0 Å². The molecule has 1 aromatic rings. The fourth-order valence-electron chi connectivity index (χ4n) is 0.469. The van der Waals surface area contributed by atoms with E-state index in [4.69, 9.17) is 0 Å². The molecule has 0 saturated heterocycles. The zero-order chi connectivity index (χ0) is 5.28. The summed E-state index contributed by atoms with van der Waals surface area (Å²) in [5, 5.41) is 0. The highest BCUT2D eigenvalue weighted by Crippen LogP contribution is 2.01. The number of hydrogen-bond acceptors (Lipinski definition) is 0. The van der Waals surface area contributed by atoms with Crippen molar-refractivity contribution in [1.29, 1.82) is 0 Å². The molecule has 0 N–H and O–H groups in total. The largest absolute Gasteiger partial charge is 0.356 e. The molecular weight excluding hydrogens is 201 g/mol. The molecule has 1 rings (SSSR count). The predicted molar refractivity (Wildman–Crippen MR) is 38.1 cm³/mol. The predicted octanol–water partition coefficient (Wildman–Crippen LogP) is 1.63. The lowest BCUT2D eigenvalue weighted by atomic mass is 10.7. The lowest BCUT2D eigenvalue weighted by Gasteiger charge is -1.80. The molecule has 0 radical (unpaired) electrons. The Hall–Kier alpha value is 0.01000. The van der Waals surface area contributed by atoms with Crippen LogP contribution < -0.4 is 0 Å². The Balaban J connectivity index is 3.04. The molecule has 2 heteroatoms. The van der Waals surface area contributed by atoms with Crippen LogP contribution in [-0.2, 0) is 7.05 Å². The molecule has 1 aromatic heterocycles. The van der Waals surface area contributed by atoms with E-state index in [1.807, 2.05) is 17.8 Å². The van der Waals surface area contributed by atoms with Gasteiger partial charge in [0.25, 0.3) is 0 Å². The van der Waals surface area contributed by atoms with E-state index < -0.39 is 0 Å². The SMILES string of the molecule is Cn1ccc(I)c1. The summed E-state index contributed by atoms with van der Waals surface area (Å²) in [7, 11) is 2.02. The third-order valence-corrected chi connectivity index (χ3v) is 1.43. The highest BCUT2D eigenvalue weighted by atomic mass is 127. The van der Waals surface area contributed by atoms with Crippen LogP contribution >= 0.6 is 22.6 Å². The van der Waals surface area contributed by atoms with Gasteiger partial charge in [0.1, 0.15) is 0 Å². The molecule has 7 heavy (non-hydrogen) atoms. The van der Waals surface area contributed by atoms with E-state index in [0.29, 0.717) is 0 Å².